The van der Waals surface area contributed by atoms with E-state index in [1.54, 1.807) is 20.8 Å². The molecular formula is C15H29N3O5. The molecule has 2 amide bonds. The molecule has 2 N–H and O–H groups in total. The van der Waals surface area contributed by atoms with Crippen molar-refractivity contribution in [2.24, 2.45) is 5.92 Å². The van der Waals surface area contributed by atoms with Gasteiger partial charge in [0.05, 0.1) is 20.4 Å². The molecule has 0 aliphatic carbocycles. The third-order valence-electron chi connectivity index (χ3n) is 3.43. The summed E-state index contributed by atoms with van der Waals surface area (Å²) in [4.78, 5) is 29.4. The van der Waals surface area contributed by atoms with Crippen molar-refractivity contribution in [1.29, 1.82) is 0 Å². The second-order valence-corrected chi connectivity index (χ2v) is 6.62. The van der Waals surface area contributed by atoms with Crippen LogP contribution in [-0.4, -0.2) is 62.7 Å². The van der Waals surface area contributed by atoms with Gasteiger partial charge < -0.3 is 14.8 Å². The average Bonchev–Trinajstić information content (AvgIpc) is 2.71. The summed E-state index contributed by atoms with van der Waals surface area (Å²) in [6.07, 6.45) is 0.720. The fourth-order valence-corrected chi connectivity index (χ4v) is 2.26. The maximum absolute atomic E-state index is 12.4. The largest absolute Gasteiger partial charge is 0.444 e. The number of rotatable bonds is 5. The van der Waals surface area contributed by atoms with Crippen molar-refractivity contribution in [2.45, 2.75) is 45.3 Å². The highest BCUT2D eigenvalue weighted by molar-refractivity contribution is 5.84. The van der Waals surface area contributed by atoms with Crippen molar-refractivity contribution in [2.75, 3.05) is 34.0 Å². The third kappa shape index (κ3) is 7.62. The maximum Gasteiger partial charge on any atom is 0.408 e. The SMILES string of the molecule is CON(C)C(=O)[C@H](C[C@@H]1CCNCOC1)NC(=O)OC(C)(C)C. The minimum Gasteiger partial charge on any atom is -0.444 e. The van der Waals surface area contributed by atoms with Crippen LogP contribution in [0.3, 0.4) is 0 Å². The van der Waals surface area contributed by atoms with Crippen molar-refractivity contribution in [3.63, 3.8) is 0 Å². The first kappa shape index (κ1) is 19.7. The number of alkyl carbamates (subject to hydrolysis) is 1. The molecule has 1 fully saturated rings. The van der Waals surface area contributed by atoms with Gasteiger partial charge in [-0.25, -0.2) is 9.86 Å². The van der Waals surface area contributed by atoms with Gasteiger partial charge in [-0.3, -0.25) is 14.9 Å². The molecule has 8 nitrogen and oxygen atoms in total. The first-order valence-electron chi connectivity index (χ1n) is 7.82. The van der Waals surface area contributed by atoms with E-state index in [2.05, 4.69) is 10.6 Å². The van der Waals surface area contributed by atoms with Gasteiger partial charge in [0.1, 0.15) is 11.6 Å². The molecule has 0 radical (unpaired) electrons. The van der Waals surface area contributed by atoms with Crippen molar-refractivity contribution in [3.8, 4) is 0 Å². The molecule has 23 heavy (non-hydrogen) atoms. The van der Waals surface area contributed by atoms with Crippen molar-refractivity contribution in [1.82, 2.24) is 15.7 Å². The van der Waals surface area contributed by atoms with Crippen LogP contribution >= 0.6 is 0 Å². The van der Waals surface area contributed by atoms with E-state index in [9.17, 15) is 9.59 Å². The minimum atomic E-state index is -0.721. The molecule has 0 saturated carbocycles. The van der Waals surface area contributed by atoms with E-state index in [4.69, 9.17) is 14.3 Å². The van der Waals surface area contributed by atoms with Crippen LogP contribution in [0.25, 0.3) is 0 Å². The van der Waals surface area contributed by atoms with E-state index in [1.807, 2.05) is 0 Å². The van der Waals surface area contributed by atoms with Crippen LogP contribution in [0.5, 0.6) is 0 Å². The Balaban J connectivity index is 2.71. The Morgan fingerprint density at radius 1 is 1.43 bits per heavy atom. The molecule has 0 aromatic carbocycles. The summed E-state index contributed by atoms with van der Waals surface area (Å²) in [5.74, 6) is -0.158. The standard InChI is InChI=1S/C15H29N3O5/c1-15(2,3)23-14(20)17-12(13(19)18(4)21-5)8-11-6-7-16-10-22-9-11/h11-12,16H,6-10H2,1-5H3,(H,17,20)/t11-,12-/m0/s1. The molecule has 1 aliphatic heterocycles. The Labute approximate surface area is 137 Å². The maximum atomic E-state index is 12.4. The van der Waals surface area contributed by atoms with Gasteiger partial charge >= 0.3 is 6.09 Å². The van der Waals surface area contributed by atoms with Gasteiger partial charge in [-0.15, -0.1) is 0 Å². The molecule has 0 bridgehead atoms. The molecule has 0 aromatic heterocycles. The molecule has 2 atom stereocenters. The Morgan fingerprint density at radius 2 is 2.13 bits per heavy atom. The summed E-state index contributed by atoms with van der Waals surface area (Å²) in [5, 5.41) is 6.89. The van der Waals surface area contributed by atoms with Gasteiger partial charge in [0.2, 0.25) is 0 Å². The topological polar surface area (TPSA) is 89.1 Å². The predicted molar refractivity (Wildman–Crippen MR) is 84.5 cm³/mol. The van der Waals surface area contributed by atoms with E-state index >= 15 is 0 Å². The van der Waals surface area contributed by atoms with Crippen LogP contribution < -0.4 is 10.6 Å². The first-order chi connectivity index (χ1) is 10.7. The summed E-state index contributed by atoms with van der Waals surface area (Å²) in [6.45, 7) is 7.19. The zero-order valence-electron chi connectivity index (χ0n) is 14.7. The van der Waals surface area contributed by atoms with E-state index in [-0.39, 0.29) is 11.8 Å². The highest BCUT2D eigenvalue weighted by atomic mass is 16.7. The van der Waals surface area contributed by atoms with E-state index in [0.29, 0.717) is 19.8 Å². The van der Waals surface area contributed by atoms with Crippen LogP contribution in [0.2, 0.25) is 0 Å². The number of nitrogens with zero attached hydrogens (tertiary/aromatic N) is 1. The zero-order valence-corrected chi connectivity index (χ0v) is 14.7. The van der Waals surface area contributed by atoms with Crippen LogP contribution in [0.4, 0.5) is 4.79 Å². The van der Waals surface area contributed by atoms with Crippen LogP contribution in [0, 0.1) is 5.92 Å². The van der Waals surface area contributed by atoms with Gasteiger partial charge in [0.15, 0.2) is 0 Å². The van der Waals surface area contributed by atoms with Gasteiger partial charge in [0, 0.05) is 7.05 Å². The lowest BCUT2D eigenvalue weighted by Gasteiger charge is -2.27. The second-order valence-electron chi connectivity index (χ2n) is 6.62. The summed E-state index contributed by atoms with van der Waals surface area (Å²) in [6, 6.07) is -0.721. The lowest BCUT2D eigenvalue weighted by Crippen LogP contribution is -2.49. The van der Waals surface area contributed by atoms with E-state index in [1.165, 1.54) is 14.2 Å². The molecular weight excluding hydrogens is 302 g/mol. The molecule has 0 spiro atoms. The number of hydrogen-bond donors (Lipinski definition) is 2. The van der Waals surface area contributed by atoms with Crippen LogP contribution in [0.1, 0.15) is 33.6 Å². The molecule has 1 rings (SSSR count). The normalized spacial score (nSPS) is 20.3. The second kappa shape index (κ2) is 9.05. The van der Waals surface area contributed by atoms with Gasteiger partial charge in [0.25, 0.3) is 5.91 Å². The lowest BCUT2D eigenvalue weighted by molar-refractivity contribution is -0.171. The minimum absolute atomic E-state index is 0.166. The number of carbonyl (C=O) groups excluding carboxylic acids is 2. The summed E-state index contributed by atoms with van der Waals surface area (Å²) in [5.41, 5.74) is -0.625. The van der Waals surface area contributed by atoms with E-state index in [0.717, 1.165) is 18.0 Å². The molecule has 1 saturated heterocycles. The molecule has 0 unspecified atom stereocenters. The van der Waals surface area contributed by atoms with Crippen molar-refractivity contribution >= 4 is 12.0 Å². The van der Waals surface area contributed by atoms with Gasteiger partial charge in [-0.1, -0.05) is 0 Å². The molecule has 134 valence electrons. The van der Waals surface area contributed by atoms with Crippen LogP contribution in [0.15, 0.2) is 0 Å². The molecule has 8 heteroatoms. The summed E-state index contributed by atoms with van der Waals surface area (Å²) >= 11 is 0. The fraction of sp³-hybridized carbons (Fsp3) is 0.867. The highest BCUT2D eigenvalue weighted by Gasteiger charge is 2.29. The van der Waals surface area contributed by atoms with E-state index < -0.39 is 17.7 Å². The monoisotopic (exact) mass is 331 g/mol. The summed E-state index contributed by atoms with van der Waals surface area (Å²) in [7, 11) is 2.92. The van der Waals surface area contributed by atoms with Crippen molar-refractivity contribution < 1.29 is 23.9 Å². The molecule has 1 aliphatic rings. The summed E-state index contributed by atoms with van der Waals surface area (Å²) < 4.78 is 10.7. The number of amides is 2. The Bertz CT molecular complexity index is 389. The number of hydroxylamine groups is 2. The number of nitrogens with one attached hydrogen (secondary N) is 2. The van der Waals surface area contributed by atoms with Gasteiger partial charge in [-0.2, -0.15) is 0 Å². The van der Waals surface area contributed by atoms with Crippen LogP contribution in [-0.2, 0) is 19.1 Å². The zero-order chi connectivity index (χ0) is 17.5. The fourth-order valence-electron chi connectivity index (χ4n) is 2.26. The number of carbonyl (C=O) groups is 2. The predicted octanol–water partition coefficient (Wildman–Crippen LogP) is 0.873. The number of ether oxygens (including phenoxy) is 2. The molecule has 1 heterocycles. The Morgan fingerprint density at radius 3 is 2.74 bits per heavy atom. The lowest BCUT2D eigenvalue weighted by atomic mass is 9.97. The molecule has 0 aromatic rings. The highest BCUT2D eigenvalue weighted by Crippen LogP contribution is 2.16. The van der Waals surface area contributed by atoms with Gasteiger partial charge in [-0.05, 0) is 46.1 Å². The third-order valence-corrected chi connectivity index (χ3v) is 3.43. The number of likely N-dealkylation sites (N-methyl/N-ethyl adjacent to an activating group) is 1. The smallest absolute Gasteiger partial charge is 0.408 e. The average molecular weight is 331 g/mol. The first-order valence-corrected chi connectivity index (χ1v) is 7.82. The Kier molecular flexibility index (Phi) is 7.74. The number of hydrogen-bond acceptors (Lipinski definition) is 6. The Hall–Kier alpha value is -1.38. The quantitative estimate of drug-likeness (QED) is 0.727. The van der Waals surface area contributed by atoms with Crippen molar-refractivity contribution in [3.05, 3.63) is 0 Å².